The fraction of sp³-hybridized carbons (Fsp3) is 0.174. The summed E-state index contributed by atoms with van der Waals surface area (Å²) in [6.45, 7) is 3.00. The van der Waals surface area contributed by atoms with Crippen molar-refractivity contribution in [2.75, 3.05) is 12.4 Å². The smallest absolute Gasteiger partial charge is 0.129 e. The van der Waals surface area contributed by atoms with Crippen LogP contribution >= 0.6 is 0 Å². The van der Waals surface area contributed by atoms with Gasteiger partial charge in [-0.1, -0.05) is 18.2 Å². The highest BCUT2D eigenvalue weighted by Crippen LogP contribution is 2.27. The second-order valence-corrected chi connectivity index (χ2v) is 6.53. The number of furan rings is 1. The van der Waals surface area contributed by atoms with E-state index in [4.69, 9.17) is 13.9 Å². The topological polar surface area (TPSA) is 56.5 Å². The Bertz CT molecular complexity index is 1090. The zero-order valence-electron chi connectivity index (χ0n) is 15.9. The van der Waals surface area contributed by atoms with E-state index >= 15 is 0 Å². The van der Waals surface area contributed by atoms with Crippen molar-refractivity contribution >= 4 is 16.7 Å². The van der Waals surface area contributed by atoms with E-state index in [0.29, 0.717) is 13.2 Å². The van der Waals surface area contributed by atoms with Crippen LogP contribution in [-0.2, 0) is 13.2 Å². The number of rotatable bonds is 7. The molecule has 28 heavy (non-hydrogen) atoms. The van der Waals surface area contributed by atoms with Crippen LogP contribution in [0.5, 0.6) is 11.5 Å². The van der Waals surface area contributed by atoms with Gasteiger partial charge in [-0.15, -0.1) is 0 Å². The zero-order chi connectivity index (χ0) is 19.3. The fourth-order valence-electron chi connectivity index (χ4n) is 3.03. The average molecular weight is 374 g/mol. The van der Waals surface area contributed by atoms with Crippen molar-refractivity contribution in [3.05, 3.63) is 83.8 Å². The molecule has 0 bridgehead atoms. The number of pyridine rings is 1. The van der Waals surface area contributed by atoms with Crippen molar-refractivity contribution in [2.24, 2.45) is 0 Å². The van der Waals surface area contributed by atoms with Gasteiger partial charge in [0.25, 0.3) is 0 Å². The summed E-state index contributed by atoms with van der Waals surface area (Å²) in [4.78, 5) is 4.69. The number of aryl methyl sites for hydroxylation is 1. The monoisotopic (exact) mass is 374 g/mol. The molecular weight excluding hydrogens is 352 g/mol. The normalized spacial score (nSPS) is 10.8. The van der Waals surface area contributed by atoms with Crippen LogP contribution < -0.4 is 14.8 Å². The first-order chi connectivity index (χ1) is 13.7. The van der Waals surface area contributed by atoms with Crippen LogP contribution in [0.3, 0.4) is 0 Å². The maximum Gasteiger partial charge on any atom is 0.129 e. The Labute approximate surface area is 163 Å². The SMILES string of the molecule is COc1cccc(COc2cccc3nc(NCc4ccc(C)o4)ccc23)c1. The van der Waals surface area contributed by atoms with Gasteiger partial charge in [-0.05, 0) is 61.0 Å². The summed E-state index contributed by atoms with van der Waals surface area (Å²) in [5.41, 5.74) is 1.93. The van der Waals surface area contributed by atoms with Crippen molar-refractivity contribution in [3.8, 4) is 11.5 Å². The van der Waals surface area contributed by atoms with E-state index < -0.39 is 0 Å². The lowest BCUT2D eigenvalue weighted by atomic mass is 10.2. The lowest BCUT2D eigenvalue weighted by Crippen LogP contribution is -2.01. The van der Waals surface area contributed by atoms with Crippen molar-refractivity contribution in [1.82, 2.24) is 4.98 Å². The third-order valence-corrected chi connectivity index (χ3v) is 4.46. The number of nitrogens with zero attached hydrogens (tertiary/aromatic N) is 1. The molecular formula is C23H22N2O3. The number of ether oxygens (including phenoxy) is 2. The average Bonchev–Trinajstić information content (AvgIpc) is 3.15. The lowest BCUT2D eigenvalue weighted by molar-refractivity contribution is 0.309. The van der Waals surface area contributed by atoms with Crippen LogP contribution in [0, 0.1) is 6.92 Å². The first-order valence-electron chi connectivity index (χ1n) is 9.16. The number of anilines is 1. The van der Waals surface area contributed by atoms with Gasteiger partial charge in [0.15, 0.2) is 0 Å². The quantitative estimate of drug-likeness (QED) is 0.473. The summed E-state index contributed by atoms with van der Waals surface area (Å²) in [7, 11) is 1.66. The minimum atomic E-state index is 0.466. The molecule has 4 aromatic rings. The summed E-state index contributed by atoms with van der Waals surface area (Å²) < 4.78 is 16.9. The molecule has 2 aromatic carbocycles. The number of hydrogen-bond donors (Lipinski definition) is 1. The molecule has 0 saturated heterocycles. The van der Waals surface area contributed by atoms with Gasteiger partial charge >= 0.3 is 0 Å². The van der Waals surface area contributed by atoms with Gasteiger partial charge in [-0.3, -0.25) is 0 Å². The van der Waals surface area contributed by atoms with Gasteiger partial charge in [-0.2, -0.15) is 0 Å². The molecule has 5 nitrogen and oxygen atoms in total. The number of methoxy groups -OCH3 is 1. The summed E-state index contributed by atoms with van der Waals surface area (Å²) in [5.74, 6) is 4.21. The van der Waals surface area contributed by atoms with Gasteiger partial charge < -0.3 is 19.2 Å². The molecule has 5 heteroatoms. The van der Waals surface area contributed by atoms with E-state index in [9.17, 15) is 0 Å². The number of aromatic nitrogens is 1. The summed E-state index contributed by atoms with van der Waals surface area (Å²) in [6, 6.07) is 21.7. The molecule has 0 spiro atoms. The van der Waals surface area contributed by atoms with Crippen molar-refractivity contribution in [2.45, 2.75) is 20.1 Å². The Balaban J connectivity index is 1.48. The molecule has 0 saturated carbocycles. The molecule has 142 valence electrons. The van der Waals surface area contributed by atoms with E-state index in [1.165, 1.54) is 0 Å². The summed E-state index contributed by atoms with van der Waals surface area (Å²) in [5, 5.41) is 4.27. The van der Waals surface area contributed by atoms with E-state index in [1.54, 1.807) is 7.11 Å². The van der Waals surface area contributed by atoms with Gasteiger partial charge in [-0.25, -0.2) is 4.98 Å². The first-order valence-corrected chi connectivity index (χ1v) is 9.16. The largest absolute Gasteiger partial charge is 0.497 e. The predicted molar refractivity (Wildman–Crippen MR) is 110 cm³/mol. The maximum absolute atomic E-state index is 6.05. The van der Waals surface area contributed by atoms with Crippen LogP contribution in [-0.4, -0.2) is 12.1 Å². The summed E-state index contributed by atoms with van der Waals surface area (Å²) in [6.07, 6.45) is 0. The lowest BCUT2D eigenvalue weighted by Gasteiger charge is -2.11. The molecule has 2 aromatic heterocycles. The number of hydrogen-bond acceptors (Lipinski definition) is 5. The molecule has 0 amide bonds. The predicted octanol–water partition coefficient (Wildman–Crippen LogP) is 5.34. The molecule has 0 aliphatic heterocycles. The highest BCUT2D eigenvalue weighted by atomic mass is 16.5. The molecule has 2 heterocycles. The molecule has 0 aliphatic rings. The number of nitrogens with one attached hydrogen (secondary N) is 1. The Kier molecular flexibility index (Phi) is 5.15. The maximum atomic E-state index is 6.05. The molecule has 0 unspecified atom stereocenters. The Morgan fingerprint density at radius 2 is 1.89 bits per heavy atom. The third-order valence-electron chi connectivity index (χ3n) is 4.46. The first kappa shape index (κ1) is 17.9. The van der Waals surface area contributed by atoms with Crippen molar-refractivity contribution < 1.29 is 13.9 Å². The standard InChI is InChI=1S/C23H22N2O3/c1-16-9-10-19(28-16)14-24-23-12-11-20-21(25-23)7-4-8-22(20)27-15-17-5-3-6-18(13-17)26-2/h3-13H,14-15H2,1-2H3,(H,24,25). The second-order valence-electron chi connectivity index (χ2n) is 6.53. The van der Waals surface area contributed by atoms with E-state index in [1.807, 2.05) is 73.7 Å². The highest BCUT2D eigenvalue weighted by Gasteiger charge is 2.06. The molecule has 0 fully saturated rings. The third kappa shape index (κ3) is 4.09. The van der Waals surface area contributed by atoms with Crippen LogP contribution in [0.15, 0.2) is 71.1 Å². The number of benzene rings is 2. The van der Waals surface area contributed by atoms with E-state index in [-0.39, 0.29) is 0 Å². The van der Waals surface area contributed by atoms with Crippen LogP contribution in [0.4, 0.5) is 5.82 Å². The van der Waals surface area contributed by atoms with Crippen LogP contribution in [0.1, 0.15) is 17.1 Å². The minimum Gasteiger partial charge on any atom is -0.497 e. The molecule has 0 atom stereocenters. The molecule has 1 N–H and O–H groups in total. The second kappa shape index (κ2) is 8.05. The minimum absolute atomic E-state index is 0.466. The fourth-order valence-corrected chi connectivity index (χ4v) is 3.03. The van der Waals surface area contributed by atoms with Gasteiger partial charge in [0.2, 0.25) is 0 Å². The van der Waals surface area contributed by atoms with Crippen molar-refractivity contribution in [3.63, 3.8) is 0 Å². The van der Waals surface area contributed by atoms with Gasteiger partial charge in [0.05, 0.1) is 19.2 Å². The van der Waals surface area contributed by atoms with Crippen LogP contribution in [0.2, 0.25) is 0 Å². The van der Waals surface area contributed by atoms with Crippen LogP contribution in [0.25, 0.3) is 10.9 Å². The van der Waals surface area contributed by atoms with Gasteiger partial charge in [0.1, 0.15) is 35.4 Å². The highest BCUT2D eigenvalue weighted by molar-refractivity contribution is 5.86. The van der Waals surface area contributed by atoms with E-state index in [0.717, 1.165) is 45.3 Å². The van der Waals surface area contributed by atoms with Gasteiger partial charge in [0, 0.05) is 5.39 Å². The van der Waals surface area contributed by atoms with Crippen molar-refractivity contribution in [1.29, 1.82) is 0 Å². The van der Waals surface area contributed by atoms with E-state index in [2.05, 4.69) is 10.3 Å². The molecule has 0 aliphatic carbocycles. The Morgan fingerprint density at radius 1 is 1.00 bits per heavy atom. The zero-order valence-corrected chi connectivity index (χ0v) is 15.9. The Morgan fingerprint density at radius 3 is 2.71 bits per heavy atom. The number of fused-ring (bicyclic) bond motifs is 1. The Hall–Kier alpha value is -3.47. The molecule has 0 radical (unpaired) electrons. The molecule has 4 rings (SSSR count). The summed E-state index contributed by atoms with van der Waals surface area (Å²) >= 11 is 0.